The Morgan fingerprint density at radius 1 is 1.23 bits per heavy atom. The second-order valence-corrected chi connectivity index (χ2v) is 7.33. The quantitative estimate of drug-likeness (QED) is 0.619. The molecule has 1 saturated heterocycles. The Morgan fingerprint density at radius 3 is 2.61 bits per heavy atom. The molecule has 1 amide bonds. The van der Waals surface area contributed by atoms with Crippen LogP contribution >= 0.6 is 11.6 Å². The Morgan fingerprint density at radius 2 is 1.94 bits per heavy atom. The molecule has 1 aliphatic heterocycles. The van der Waals surface area contributed by atoms with Crippen LogP contribution in [0.3, 0.4) is 0 Å². The summed E-state index contributed by atoms with van der Waals surface area (Å²) < 4.78 is 42.9. The van der Waals surface area contributed by atoms with Crippen LogP contribution in [0.25, 0.3) is 5.69 Å². The van der Waals surface area contributed by atoms with Crippen LogP contribution in [0, 0.1) is 0 Å². The Hall–Kier alpha value is -3.21. The van der Waals surface area contributed by atoms with Gasteiger partial charge in [-0.25, -0.2) is 23.1 Å². The number of para-hydroxylation sites is 1. The highest BCUT2D eigenvalue weighted by molar-refractivity contribution is 6.30. The average Bonchev–Trinajstić information content (AvgIpc) is 3.40. The molecule has 2 aromatic heterocycles. The molecule has 1 atom stereocenters. The van der Waals surface area contributed by atoms with E-state index in [1.54, 1.807) is 0 Å². The van der Waals surface area contributed by atoms with Crippen molar-refractivity contribution >= 4 is 23.5 Å². The molecule has 3 heterocycles. The van der Waals surface area contributed by atoms with Crippen molar-refractivity contribution in [2.24, 2.45) is 0 Å². The van der Waals surface area contributed by atoms with Crippen LogP contribution in [-0.4, -0.2) is 60.8 Å². The van der Waals surface area contributed by atoms with E-state index in [9.17, 15) is 18.0 Å². The van der Waals surface area contributed by atoms with Gasteiger partial charge in [-0.3, -0.25) is 4.79 Å². The molecule has 162 valence electrons. The fourth-order valence-corrected chi connectivity index (χ4v) is 3.61. The van der Waals surface area contributed by atoms with Crippen LogP contribution in [0.5, 0.6) is 0 Å². The van der Waals surface area contributed by atoms with E-state index in [0.29, 0.717) is 5.02 Å². The number of hydrogen-bond acceptors (Lipinski definition) is 6. The molecule has 31 heavy (non-hydrogen) atoms. The van der Waals surface area contributed by atoms with Gasteiger partial charge in [-0.05, 0) is 6.07 Å². The predicted octanol–water partition coefficient (Wildman–Crippen LogP) is 3.14. The van der Waals surface area contributed by atoms with E-state index < -0.39 is 31.0 Å². The summed E-state index contributed by atoms with van der Waals surface area (Å²) in [5.74, 6) is -3.68. The van der Waals surface area contributed by atoms with Crippen LogP contribution in [-0.2, 0) is 6.67 Å². The number of nitrogens with zero attached hydrogens (tertiary/aromatic N) is 6. The van der Waals surface area contributed by atoms with Gasteiger partial charge >= 0.3 is 0 Å². The standard InChI is InChI=1S/C19H17ClF3N7O/c20-13-9-24-18(25-10-13)26-11-15-19(22,23)4-7-29(15)17(31)14-3-1-2-12(8-21)16(14)30-27-5-6-28-30/h1-3,5-6,9-10,15H,4,7-8,11H2,(H,24,25,26)/t15-/m1/s1. The first-order valence-corrected chi connectivity index (χ1v) is 9.73. The van der Waals surface area contributed by atoms with Gasteiger partial charge in [0.15, 0.2) is 0 Å². The van der Waals surface area contributed by atoms with E-state index >= 15 is 0 Å². The number of anilines is 1. The van der Waals surface area contributed by atoms with Crippen molar-refractivity contribution < 1.29 is 18.0 Å². The average molecular weight is 452 g/mol. The predicted molar refractivity (Wildman–Crippen MR) is 106 cm³/mol. The Balaban J connectivity index is 1.63. The van der Waals surface area contributed by atoms with Crippen LogP contribution in [0.15, 0.2) is 43.0 Å². The Kier molecular flexibility index (Phi) is 5.77. The van der Waals surface area contributed by atoms with Crippen molar-refractivity contribution in [2.75, 3.05) is 18.4 Å². The lowest BCUT2D eigenvalue weighted by molar-refractivity contribution is -0.0249. The minimum absolute atomic E-state index is 0.0387. The highest BCUT2D eigenvalue weighted by atomic mass is 35.5. The molecule has 1 N–H and O–H groups in total. The van der Waals surface area contributed by atoms with Gasteiger partial charge in [-0.2, -0.15) is 15.0 Å². The monoisotopic (exact) mass is 451 g/mol. The van der Waals surface area contributed by atoms with Gasteiger partial charge in [-0.15, -0.1) is 0 Å². The zero-order chi connectivity index (χ0) is 22.0. The van der Waals surface area contributed by atoms with E-state index in [1.807, 2.05) is 0 Å². The zero-order valence-corrected chi connectivity index (χ0v) is 16.8. The van der Waals surface area contributed by atoms with Crippen LogP contribution in [0.4, 0.5) is 19.1 Å². The summed E-state index contributed by atoms with van der Waals surface area (Å²) in [7, 11) is 0. The third-order valence-electron chi connectivity index (χ3n) is 5.00. The molecule has 12 heteroatoms. The third-order valence-corrected chi connectivity index (χ3v) is 5.19. The van der Waals surface area contributed by atoms with E-state index in [4.69, 9.17) is 11.6 Å². The highest BCUT2D eigenvalue weighted by Gasteiger charge is 2.51. The lowest BCUT2D eigenvalue weighted by atomic mass is 10.1. The molecule has 1 aromatic carbocycles. The summed E-state index contributed by atoms with van der Waals surface area (Å²) in [6, 6.07) is 2.98. The summed E-state index contributed by atoms with van der Waals surface area (Å²) in [5, 5.41) is 11.0. The van der Waals surface area contributed by atoms with Crippen LogP contribution in [0.1, 0.15) is 22.3 Å². The Bertz CT molecular complexity index is 1060. The fourth-order valence-electron chi connectivity index (χ4n) is 3.51. The van der Waals surface area contributed by atoms with E-state index in [1.165, 1.54) is 43.0 Å². The number of alkyl halides is 3. The van der Waals surface area contributed by atoms with E-state index in [0.717, 1.165) is 9.70 Å². The van der Waals surface area contributed by atoms with Crippen molar-refractivity contribution in [3.8, 4) is 5.69 Å². The minimum atomic E-state index is -3.13. The SMILES string of the molecule is O=C(c1cccc(CF)c1-n1nccn1)N1CCC(F)(F)[C@H]1CNc1ncc(Cl)cn1. The van der Waals surface area contributed by atoms with Gasteiger partial charge in [0.2, 0.25) is 5.95 Å². The first-order valence-electron chi connectivity index (χ1n) is 9.35. The maximum atomic E-state index is 14.6. The van der Waals surface area contributed by atoms with Crippen molar-refractivity contribution in [1.82, 2.24) is 29.9 Å². The number of carbonyl (C=O) groups is 1. The maximum absolute atomic E-state index is 14.6. The minimum Gasteiger partial charge on any atom is -0.352 e. The number of likely N-dealkylation sites (tertiary alicyclic amines) is 1. The van der Waals surface area contributed by atoms with E-state index in [-0.39, 0.29) is 35.9 Å². The molecular weight excluding hydrogens is 435 g/mol. The molecule has 0 spiro atoms. The molecule has 0 unspecified atom stereocenters. The first kappa shape index (κ1) is 21.0. The number of halogens is 4. The number of amides is 1. The molecule has 1 aliphatic rings. The first-order chi connectivity index (χ1) is 14.9. The van der Waals surface area contributed by atoms with Crippen LogP contribution < -0.4 is 5.32 Å². The summed E-state index contributed by atoms with van der Waals surface area (Å²) >= 11 is 5.73. The number of aromatic nitrogens is 5. The molecule has 1 fully saturated rings. The maximum Gasteiger partial charge on any atom is 0.271 e. The van der Waals surface area contributed by atoms with Crippen molar-refractivity contribution in [3.05, 3.63) is 59.1 Å². The summed E-state index contributed by atoms with van der Waals surface area (Å²) in [5.41, 5.74) is 0.344. The molecule has 0 radical (unpaired) electrons. The third kappa shape index (κ3) is 4.18. The largest absolute Gasteiger partial charge is 0.352 e. The van der Waals surface area contributed by atoms with Crippen molar-refractivity contribution in [1.29, 1.82) is 0 Å². The molecule has 0 aliphatic carbocycles. The summed E-state index contributed by atoms with van der Waals surface area (Å²) in [6.45, 7) is -1.31. The van der Waals surface area contributed by atoms with Crippen molar-refractivity contribution in [2.45, 2.75) is 25.1 Å². The van der Waals surface area contributed by atoms with Gasteiger partial charge in [0, 0.05) is 25.1 Å². The zero-order valence-electron chi connectivity index (χ0n) is 16.1. The Labute approximate surface area is 180 Å². The lowest BCUT2D eigenvalue weighted by Crippen LogP contribution is -2.47. The van der Waals surface area contributed by atoms with Gasteiger partial charge in [0.05, 0.1) is 35.4 Å². The molecular formula is C19H17ClF3N7O. The number of rotatable bonds is 6. The van der Waals surface area contributed by atoms with Crippen molar-refractivity contribution in [3.63, 3.8) is 0 Å². The lowest BCUT2D eigenvalue weighted by Gasteiger charge is -2.28. The van der Waals surface area contributed by atoms with Gasteiger partial charge in [0.1, 0.15) is 18.4 Å². The van der Waals surface area contributed by atoms with Gasteiger partial charge in [-0.1, -0.05) is 23.7 Å². The number of carbonyl (C=O) groups excluding carboxylic acids is 1. The second-order valence-electron chi connectivity index (χ2n) is 6.90. The number of benzene rings is 1. The van der Waals surface area contributed by atoms with Gasteiger partial charge < -0.3 is 10.2 Å². The smallest absolute Gasteiger partial charge is 0.271 e. The molecule has 8 nitrogen and oxygen atoms in total. The number of hydrogen-bond donors (Lipinski definition) is 1. The fraction of sp³-hybridized carbons (Fsp3) is 0.316. The van der Waals surface area contributed by atoms with Gasteiger partial charge in [0.25, 0.3) is 11.8 Å². The summed E-state index contributed by atoms with van der Waals surface area (Å²) in [6.07, 6.45) is 4.93. The normalized spacial score (nSPS) is 17.7. The van der Waals surface area contributed by atoms with Crippen LogP contribution in [0.2, 0.25) is 5.02 Å². The van der Waals surface area contributed by atoms with E-state index in [2.05, 4.69) is 25.5 Å². The molecule has 4 rings (SSSR count). The summed E-state index contributed by atoms with van der Waals surface area (Å²) in [4.78, 5) is 23.3. The highest BCUT2D eigenvalue weighted by Crippen LogP contribution is 2.36. The topological polar surface area (TPSA) is 88.8 Å². The molecule has 3 aromatic rings. The second kappa shape index (κ2) is 8.50. The number of nitrogens with one attached hydrogen (secondary N) is 1. The molecule has 0 saturated carbocycles. The molecule has 0 bridgehead atoms.